The van der Waals surface area contributed by atoms with Crippen LogP contribution in [0.2, 0.25) is 0 Å². The van der Waals surface area contributed by atoms with Crippen molar-refractivity contribution in [2.24, 2.45) is 0 Å². The topological polar surface area (TPSA) is 29.3 Å². The highest BCUT2D eigenvalue weighted by Gasteiger charge is 2.44. The predicted octanol–water partition coefficient (Wildman–Crippen LogP) is 1.62. The number of piperidine rings is 1. The number of benzene rings is 1. The van der Waals surface area contributed by atoms with Crippen molar-refractivity contribution in [1.82, 2.24) is 4.90 Å². The molecule has 0 spiro atoms. The van der Waals surface area contributed by atoms with E-state index < -0.39 is 0 Å². The largest absolute Gasteiger partial charge is 0.399 e. The number of hydrogen-bond acceptors (Lipinski definition) is 2. The van der Waals surface area contributed by atoms with Crippen LogP contribution in [0.1, 0.15) is 18.4 Å². The fraction of sp³-hybridized carbons (Fsp3) is 0.500. The molecule has 1 aromatic rings. The molecular formula is C12H16N2. The summed E-state index contributed by atoms with van der Waals surface area (Å²) in [6, 6.07) is 8.49. The van der Waals surface area contributed by atoms with Crippen LogP contribution in [0, 0.1) is 0 Å². The molecule has 2 nitrogen and oxygen atoms in total. The predicted molar refractivity (Wildman–Crippen MR) is 58.2 cm³/mol. The van der Waals surface area contributed by atoms with Crippen LogP contribution >= 0.6 is 0 Å². The molecule has 74 valence electrons. The van der Waals surface area contributed by atoms with Gasteiger partial charge in [-0.2, -0.15) is 0 Å². The van der Waals surface area contributed by atoms with Gasteiger partial charge in [0.25, 0.3) is 0 Å². The van der Waals surface area contributed by atoms with Crippen LogP contribution < -0.4 is 5.73 Å². The Hall–Kier alpha value is -1.02. The first-order chi connectivity index (χ1) is 6.78. The molecular weight excluding hydrogens is 172 g/mol. The van der Waals surface area contributed by atoms with Crippen LogP contribution in [0.25, 0.3) is 0 Å². The molecule has 0 unspecified atom stereocenters. The van der Waals surface area contributed by atoms with Crippen molar-refractivity contribution < 1.29 is 0 Å². The van der Waals surface area contributed by atoms with Gasteiger partial charge in [-0.15, -0.1) is 0 Å². The van der Waals surface area contributed by atoms with E-state index in [0.717, 1.165) is 5.69 Å². The minimum atomic E-state index is 0.466. The molecule has 0 amide bonds. The van der Waals surface area contributed by atoms with Crippen molar-refractivity contribution in [3.05, 3.63) is 29.8 Å². The molecule has 0 aliphatic carbocycles. The maximum atomic E-state index is 5.71. The first-order valence-corrected chi connectivity index (χ1v) is 5.37. The van der Waals surface area contributed by atoms with Crippen molar-refractivity contribution in [2.75, 3.05) is 25.4 Å². The molecule has 0 radical (unpaired) electrons. The van der Waals surface area contributed by atoms with Gasteiger partial charge in [0.15, 0.2) is 0 Å². The summed E-state index contributed by atoms with van der Waals surface area (Å²) < 4.78 is 0. The Morgan fingerprint density at radius 3 is 2.21 bits per heavy atom. The quantitative estimate of drug-likeness (QED) is 0.678. The highest BCUT2D eigenvalue weighted by Crippen LogP contribution is 2.42. The van der Waals surface area contributed by atoms with Gasteiger partial charge < -0.3 is 10.6 Å². The van der Waals surface area contributed by atoms with Crippen LogP contribution in [0.15, 0.2) is 24.3 Å². The highest BCUT2D eigenvalue weighted by molar-refractivity contribution is 5.42. The summed E-state index contributed by atoms with van der Waals surface area (Å²) in [5, 5.41) is 0. The number of nitrogen functional groups attached to an aromatic ring is 1. The van der Waals surface area contributed by atoms with Crippen molar-refractivity contribution >= 4 is 5.69 Å². The van der Waals surface area contributed by atoms with E-state index >= 15 is 0 Å². The van der Waals surface area contributed by atoms with E-state index in [9.17, 15) is 0 Å². The molecule has 2 heteroatoms. The van der Waals surface area contributed by atoms with Gasteiger partial charge in [-0.05, 0) is 43.6 Å². The molecule has 0 saturated carbocycles. The van der Waals surface area contributed by atoms with Crippen LogP contribution in [0.4, 0.5) is 5.69 Å². The summed E-state index contributed by atoms with van der Waals surface area (Å²) in [7, 11) is 0. The Morgan fingerprint density at radius 2 is 1.71 bits per heavy atom. The second-order valence-electron chi connectivity index (χ2n) is 4.68. The van der Waals surface area contributed by atoms with Crippen LogP contribution in [-0.2, 0) is 5.41 Å². The first kappa shape index (κ1) is 8.30. The number of nitrogens with two attached hydrogens (primary N) is 1. The third kappa shape index (κ3) is 1.07. The standard InChI is InChI=1S/C12H16N2/c13-11-3-1-10(2-4-11)12-5-7-14(9-12)8-6-12/h1-4H,5-9,13H2. The highest BCUT2D eigenvalue weighted by atomic mass is 15.2. The fourth-order valence-corrected chi connectivity index (χ4v) is 2.94. The minimum Gasteiger partial charge on any atom is -0.399 e. The number of nitrogens with zero attached hydrogens (tertiary/aromatic N) is 1. The minimum absolute atomic E-state index is 0.466. The Bertz CT molecular complexity index is 334. The smallest absolute Gasteiger partial charge is 0.0314 e. The van der Waals surface area contributed by atoms with Crippen LogP contribution in [0.5, 0.6) is 0 Å². The third-order valence-electron chi connectivity index (χ3n) is 3.86. The molecule has 3 rings (SSSR count). The number of fused-ring (bicyclic) bond motifs is 2. The van der Waals surface area contributed by atoms with Crippen molar-refractivity contribution in [1.29, 1.82) is 0 Å². The summed E-state index contributed by atoms with van der Waals surface area (Å²) >= 11 is 0. The Labute approximate surface area is 84.7 Å². The number of anilines is 1. The number of hydrogen-bond donors (Lipinski definition) is 1. The van der Waals surface area contributed by atoms with Gasteiger partial charge in [-0.1, -0.05) is 12.1 Å². The van der Waals surface area contributed by atoms with Gasteiger partial charge in [0.05, 0.1) is 0 Å². The van der Waals surface area contributed by atoms with Gasteiger partial charge in [0.1, 0.15) is 0 Å². The fourth-order valence-electron chi connectivity index (χ4n) is 2.94. The summed E-state index contributed by atoms with van der Waals surface area (Å²) in [5.41, 5.74) is 8.54. The normalized spacial score (nSPS) is 35.0. The van der Waals surface area contributed by atoms with Crippen molar-refractivity contribution in [2.45, 2.75) is 18.3 Å². The summed E-state index contributed by atoms with van der Waals surface area (Å²) in [4.78, 5) is 2.57. The van der Waals surface area contributed by atoms with Crippen LogP contribution in [0.3, 0.4) is 0 Å². The maximum absolute atomic E-state index is 5.71. The second kappa shape index (κ2) is 2.74. The summed E-state index contributed by atoms with van der Waals surface area (Å²) in [6.45, 7) is 3.83. The molecule has 0 aromatic heterocycles. The van der Waals surface area contributed by atoms with E-state index in [1.165, 1.54) is 38.0 Å². The Morgan fingerprint density at radius 1 is 1.07 bits per heavy atom. The maximum Gasteiger partial charge on any atom is 0.0314 e. The SMILES string of the molecule is Nc1ccc(C23CCN(CC2)C3)cc1. The molecule has 1 aromatic carbocycles. The van der Waals surface area contributed by atoms with E-state index in [2.05, 4.69) is 17.0 Å². The van der Waals surface area contributed by atoms with E-state index in [1.54, 1.807) is 0 Å². The third-order valence-corrected chi connectivity index (χ3v) is 3.86. The van der Waals surface area contributed by atoms with E-state index in [1.807, 2.05) is 12.1 Å². The zero-order valence-corrected chi connectivity index (χ0v) is 8.37. The van der Waals surface area contributed by atoms with E-state index in [0.29, 0.717) is 5.41 Å². The molecule has 2 N–H and O–H groups in total. The molecule has 2 aliphatic rings. The molecule has 2 aliphatic heterocycles. The van der Waals surface area contributed by atoms with Gasteiger partial charge in [-0.3, -0.25) is 0 Å². The number of rotatable bonds is 1. The average molecular weight is 188 g/mol. The lowest BCUT2D eigenvalue weighted by atomic mass is 9.78. The lowest BCUT2D eigenvalue weighted by molar-refractivity contribution is 0.364. The van der Waals surface area contributed by atoms with Crippen LogP contribution in [-0.4, -0.2) is 24.5 Å². The van der Waals surface area contributed by atoms with E-state index in [4.69, 9.17) is 5.73 Å². The summed E-state index contributed by atoms with van der Waals surface area (Å²) in [6.07, 6.45) is 2.66. The second-order valence-corrected chi connectivity index (χ2v) is 4.68. The van der Waals surface area contributed by atoms with Crippen molar-refractivity contribution in [3.8, 4) is 0 Å². The molecule has 2 saturated heterocycles. The molecule has 2 bridgehead atoms. The Kier molecular flexibility index (Phi) is 1.62. The first-order valence-electron chi connectivity index (χ1n) is 5.37. The molecule has 14 heavy (non-hydrogen) atoms. The Balaban J connectivity index is 1.98. The lowest BCUT2D eigenvalue weighted by Gasteiger charge is -2.25. The molecule has 2 fully saturated rings. The van der Waals surface area contributed by atoms with Crippen molar-refractivity contribution in [3.63, 3.8) is 0 Å². The molecule has 2 heterocycles. The van der Waals surface area contributed by atoms with Gasteiger partial charge in [0.2, 0.25) is 0 Å². The van der Waals surface area contributed by atoms with Gasteiger partial charge in [-0.25, -0.2) is 0 Å². The zero-order valence-electron chi connectivity index (χ0n) is 8.37. The lowest BCUT2D eigenvalue weighted by Crippen LogP contribution is -2.24. The average Bonchev–Trinajstić information content (AvgIpc) is 2.79. The molecule has 0 atom stereocenters. The van der Waals surface area contributed by atoms with Gasteiger partial charge in [0, 0.05) is 17.6 Å². The van der Waals surface area contributed by atoms with Gasteiger partial charge >= 0.3 is 0 Å². The zero-order chi connectivity index (χ0) is 9.60. The van der Waals surface area contributed by atoms with E-state index in [-0.39, 0.29) is 0 Å². The summed E-state index contributed by atoms with van der Waals surface area (Å²) in [5.74, 6) is 0. The monoisotopic (exact) mass is 188 g/mol.